The number of oxime groups is 1. The van der Waals surface area contributed by atoms with Crippen LogP contribution in [0, 0.1) is 0 Å². The summed E-state index contributed by atoms with van der Waals surface area (Å²) in [4.78, 5) is 42.2. The Kier molecular flexibility index (Phi) is 5.47. The molecule has 7 heteroatoms. The van der Waals surface area contributed by atoms with E-state index in [1.807, 2.05) is 55.5 Å². The summed E-state index contributed by atoms with van der Waals surface area (Å²) < 4.78 is 7.92. The summed E-state index contributed by atoms with van der Waals surface area (Å²) in [6.07, 6.45) is 0. The van der Waals surface area contributed by atoms with Crippen LogP contribution >= 0.6 is 0 Å². The van der Waals surface area contributed by atoms with Gasteiger partial charge in [-0.05, 0) is 53.9 Å². The molecule has 35 heavy (non-hydrogen) atoms. The largest absolute Gasteiger partial charge is 0.432 e. The molecule has 0 atom stereocenters. The van der Waals surface area contributed by atoms with Gasteiger partial charge in [0.15, 0.2) is 11.5 Å². The molecule has 0 saturated heterocycles. The van der Waals surface area contributed by atoms with E-state index < -0.39 is 11.8 Å². The highest BCUT2D eigenvalue weighted by atomic mass is 16.7. The van der Waals surface area contributed by atoms with Gasteiger partial charge in [0.05, 0.1) is 16.5 Å². The van der Waals surface area contributed by atoms with E-state index in [1.165, 1.54) is 6.92 Å². The van der Waals surface area contributed by atoms with E-state index in [2.05, 4.69) is 28.4 Å². The third-order valence-corrected chi connectivity index (χ3v) is 6.28. The molecular formula is C28H24N2O5. The minimum Gasteiger partial charge on any atom is -0.432 e. The van der Waals surface area contributed by atoms with Gasteiger partial charge in [-0.25, -0.2) is 4.79 Å². The van der Waals surface area contributed by atoms with Crippen LogP contribution in [0.2, 0.25) is 0 Å². The first kappa shape index (κ1) is 22.5. The molecular weight excluding hydrogens is 444 g/mol. The van der Waals surface area contributed by atoms with Crippen LogP contribution in [0.25, 0.3) is 21.8 Å². The predicted molar refractivity (Wildman–Crippen MR) is 133 cm³/mol. The summed E-state index contributed by atoms with van der Waals surface area (Å²) >= 11 is 0. The molecule has 5 rings (SSSR count). The van der Waals surface area contributed by atoms with Gasteiger partial charge < -0.3 is 14.1 Å². The molecule has 0 aliphatic carbocycles. The number of fused-ring (bicyclic) bond motifs is 5. The fourth-order valence-corrected chi connectivity index (χ4v) is 4.71. The van der Waals surface area contributed by atoms with Crippen molar-refractivity contribution in [3.05, 3.63) is 76.9 Å². The van der Waals surface area contributed by atoms with Gasteiger partial charge in [0, 0.05) is 35.5 Å². The van der Waals surface area contributed by atoms with Gasteiger partial charge in [0.25, 0.3) is 5.78 Å². The average molecular weight is 469 g/mol. The number of carbonyl (C=O) groups excluding carboxylic acids is 3. The Morgan fingerprint density at radius 1 is 1.06 bits per heavy atom. The zero-order valence-electron chi connectivity index (χ0n) is 19.9. The Balaban J connectivity index is 1.71. The molecule has 0 saturated carbocycles. The molecule has 4 aromatic rings. The summed E-state index contributed by atoms with van der Waals surface area (Å²) in [5, 5.41) is 5.09. The first-order valence-corrected chi connectivity index (χ1v) is 11.5. The van der Waals surface area contributed by atoms with Crippen LogP contribution in [0.4, 0.5) is 0 Å². The number of carbonyl (C=O) groups is 3. The molecule has 0 radical (unpaired) electrons. The SMILES string of the molecule is CCn1c2ccc(C(=O)c3ccccc3C(C)C)cc2c2c3c(ccc21)C(=O)C(=NOC(C)=O)O3. The van der Waals surface area contributed by atoms with Crippen molar-refractivity contribution in [1.29, 1.82) is 0 Å². The van der Waals surface area contributed by atoms with Crippen molar-refractivity contribution in [3.63, 3.8) is 0 Å². The van der Waals surface area contributed by atoms with Gasteiger partial charge in [-0.15, -0.1) is 0 Å². The van der Waals surface area contributed by atoms with Crippen molar-refractivity contribution in [2.75, 3.05) is 0 Å². The lowest BCUT2D eigenvalue weighted by atomic mass is 9.91. The first-order valence-electron chi connectivity index (χ1n) is 11.5. The molecule has 3 aromatic carbocycles. The van der Waals surface area contributed by atoms with Crippen molar-refractivity contribution in [2.24, 2.45) is 5.16 Å². The van der Waals surface area contributed by atoms with E-state index >= 15 is 0 Å². The third-order valence-electron chi connectivity index (χ3n) is 6.28. The van der Waals surface area contributed by atoms with Crippen LogP contribution in [0.3, 0.4) is 0 Å². The number of aryl methyl sites for hydroxylation is 1. The summed E-state index contributed by atoms with van der Waals surface area (Å²) in [7, 11) is 0. The fourth-order valence-electron chi connectivity index (χ4n) is 4.71. The van der Waals surface area contributed by atoms with E-state index in [4.69, 9.17) is 4.74 Å². The van der Waals surface area contributed by atoms with Crippen molar-refractivity contribution < 1.29 is 24.0 Å². The number of hydrogen-bond donors (Lipinski definition) is 0. The summed E-state index contributed by atoms with van der Waals surface area (Å²) in [5.41, 5.74) is 4.35. The number of hydrogen-bond acceptors (Lipinski definition) is 6. The highest BCUT2D eigenvalue weighted by Gasteiger charge is 2.33. The molecule has 1 aromatic heterocycles. The van der Waals surface area contributed by atoms with Crippen molar-refractivity contribution in [2.45, 2.75) is 40.2 Å². The molecule has 0 unspecified atom stereocenters. The Labute approximate surface area is 201 Å². The second kappa shape index (κ2) is 8.51. The number of nitrogens with zero attached hydrogens (tertiary/aromatic N) is 2. The average Bonchev–Trinajstić information content (AvgIpc) is 3.35. The molecule has 0 N–H and O–H groups in total. The molecule has 1 aliphatic heterocycles. The lowest BCUT2D eigenvalue weighted by Gasteiger charge is -2.12. The molecule has 0 fully saturated rings. The van der Waals surface area contributed by atoms with Gasteiger partial charge >= 0.3 is 11.9 Å². The zero-order valence-corrected chi connectivity index (χ0v) is 19.9. The zero-order chi connectivity index (χ0) is 24.9. The lowest BCUT2D eigenvalue weighted by molar-refractivity contribution is -0.141. The Morgan fingerprint density at radius 2 is 1.80 bits per heavy atom. The van der Waals surface area contributed by atoms with E-state index in [0.29, 0.717) is 34.4 Å². The maximum absolute atomic E-state index is 13.6. The van der Waals surface area contributed by atoms with Gasteiger partial charge in [-0.1, -0.05) is 38.1 Å². The first-order chi connectivity index (χ1) is 16.8. The Bertz CT molecular complexity index is 1580. The van der Waals surface area contributed by atoms with Gasteiger partial charge in [-0.2, -0.15) is 0 Å². The standard InChI is InChI=1S/C28H24N2O5/c1-5-30-22-12-10-17(25(32)19-9-7-6-8-18(19)15(2)3)14-21(22)24-23(30)13-11-20-26(33)28(34-27(20)24)29-35-16(4)31/h6-15H,5H2,1-4H3. The molecule has 176 valence electrons. The highest BCUT2D eigenvalue weighted by molar-refractivity contribution is 6.47. The number of aromatic nitrogens is 1. The normalized spacial score (nSPS) is 14.1. The maximum atomic E-state index is 13.6. The van der Waals surface area contributed by atoms with Gasteiger partial charge in [0.2, 0.25) is 0 Å². The number of Topliss-reactive ketones (excluding diaryl/α,β-unsaturated/α-hetero) is 1. The minimum atomic E-state index is -0.651. The van der Waals surface area contributed by atoms with Crippen LogP contribution in [-0.4, -0.2) is 28.0 Å². The molecule has 0 bridgehead atoms. The summed E-state index contributed by atoms with van der Waals surface area (Å²) in [6.45, 7) is 8.04. The Morgan fingerprint density at radius 3 is 2.51 bits per heavy atom. The van der Waals surface area contributed by atoms with Crippen LogP contribution < -0.4 is 4.74 Å². The second-order valence-corrected chi connectivity index (χ2v) is 8.79. The number of ketones is 2. The number of benzene rings is 3. The molecule has 0 spiro atoms. The molecule has 0 amide bonds. The number of ether oxygens (including phenoxy) is 1. The van der Waals surface area contributed by atoms with Gasteiger partial charge in [-0.3, -0.25) is 9.59 Å². The van der Waals surface area contributed by atoms with E-state index in [-0.39, 0.29) is 17.6 Å². The van der Waals surface area contributed by atoms with Crippen LogP contribution in [0.1, 0.15) is 65.5 Å². The fraction of sp³-hybridized carbons (Fsp3) is 0.214. The van der Waals surface area contributed by atoms with Crippen molar-refractivity contribution in [3.8, 4) is 5.75 Å². The topological polar surface area (TPSA) is 87.0 Å². The van der Waals surface area contributed by atoms with Crippen LogP contribution in [-0.2, 0) is 16.2 Å². The lowest BCUT2D eigenvalue weighted by Crippen LogP contribution is -2.13. The summed E-state index contributed by atoms with van der Waals surface area (Å²) in [5.74, 6) is -0.907. The Hall–Kier alpha value is -4.26. The van der Waals surface area contributed by atoms with Gasteiger partial charge in [0.1, 0.15) is 0 Å². The van der Waals surface area contributed by atoms with E-state index in [0.717, 1.165) is 22.0 Å². The van der Waals surface area contributed by atoms with E-state index in [1.54, 1.807) is 6.07 Å². The third kappa shape index (κ3) is 3.60. The van der Waals surface area contributed by atoms with E-state index in [9.17, 15) is 14.4 Å². The predicted octanol–water partition coefficient (Wildman–Crippen LogP) is 5.62. The summed E-state index contributed by atoms with van der Waals surface area (Å²) in [6, 6.07) is 16.8. The molecule has 2 heterocycles. The molecule has 1 aliphatic rings. The quantitative estimate of drug-likeness (QED) is 0.216. The van der Waals surface area contributed by atoms with Crippen molar-refractivity contribution in [1.82, 2.24) is 4.57 Å². The van der Waals surface area contributed by atoms with Crippen LogP contribution in [0.5, 0.6) is 5.75 Å². The minimum absolute atomic E-state index is 0.0599. The van der Waals surface area contributed by atoms with Crippen LogP contribution in [0.15, 0.2) is 59.8 Å². The smallest absolute Gasteiger partial charge is 0.332 e. The highest BCUT2D eigenvalue weighted by Crippen LogP contribution is 2.41. The molecule has 7 nitrogen and oxygen atoms in total. The second-order valence-electron chi connectivity index (χ2n) is 8.79. The number of rotatable bonds is 5. The van der Waals surface area contributed by atoms with Crippen molar-refractivity contribution >= 4 is 45.2 Å². The maximum Gasteiger partial charge on any atom is 0.332 e. The monoisotopic (exact) mass is 468 g/mol.